The molecule has 1 aliphatic rings. The van der Waals surface area contributed by atoms with E-state index in [-0.39, 0.29) is 23.3 Å². The van der Waals surface area contributed by atoms with Crippen LogP contribution >= 0.6 is 0 Å². The Kier molecular flexibility index (Phi) is 6.73. The number of carbonyl (C=O) groups excluding carboxylic acids is 2. The van der Waals surface area contributed by atoms with Gasteiger partial charge in [-0.2, -0.15) is 4.31 Å². The highest BCUT2D eigenvalue weighted by Gasteiger charge is 2.33. The van der Waals surface area contributed by atoms with Gasteiger partial charge in [-0.1, -0.05) is 0 Å². The van der Waals surface area contributed by atoms with Crippen molar-refractivity contribution < 1.29 is 22.7 Å². The molecule has 0 bridgehead atoms. The minimum Gasteiger partial charge on any atom is -0.497 e. The van der Waals surface area contributed by atoms with E-state index in [4.69, 9.17) is 4.74 Å². The summed E-state index contributed by atoms with van der Waals surface area (Å²) in [6.07, 6.45) is 1.22. The summed E-state index contributed by atoms with van der Waals surface area (Å²) in [6.45, 7) is 1.93. The molecule has 1 aliphatic heterocycles. The summed E-state index contributed by atoms with van der Waals surface area (Å²) in [5, 5.41) is 5.49. The SMILES string of the molecule is COc1ccc(S(=O)(=O)N2CCC[C@H](C(=O)Nc3ccc(NC(C)=O)cc3)C2)cc1. The van der Waals surface area contributed by atoms with Crippen LogP contribution in [0.15, 0.2) is 53.4 Å². The van der Waals surface area contributed by atoms with Crippen LogP contribution in [0.2, 0.25) is 0 Å². The number of nitrogens with one attached hydrogen (secondary N) is 2. The normalized spacial score (nSPS) is 17.2. The monoisotopic (exact) mass is 431 g/mol. The van der Waals surface area contributed by atoms with Crippen molar-refractivity contribution in [2.24, 2.45) is 5.92 Å². The minimum absolute atomic E-state index is 0.129. The first-order valence-corrected chi connectivity index (χ1v) is 11.1. The van der Waals surface area contributed by atoms with E-state index >= 15 is 0 Å². The highest BCUT2D eigenvalue weighted by molar-refractivity contribution is 7.89. The fourth-order valence-electron chi connectivity index (χ4n) is 3.36. The van der Waals surface area contributed by atoms with Crippen LogP contribution < -0.4 is 15.4 Å². The summed E-state index contributed by atoms with van der Waals surface area (Å²) in [6, 6.07) is 13.0. The highest BCUT2D eigenvalue weighted by Crippen LogP contribution is 2.26. The van der Waals surface area contributed by atoms with Gasteiger partial charge in [0.2, 0.25) is 21.8 Å². The van der Waals surface area contributed by atoms with Gasteiger partial charge < -0.3 is 15.4 Å². The lowest BCUT2D eigenvalue weighted by Gasteiger charge is -2.31. The van der Waals surface area contributed by atoms with Crippen molar-refractivity contribution in [3.05, 3.63) is 48.5 Å². The Morgan fingerprint density at radius 1 is 1.00 bits per heavy atom. The quantitative estimate of drug-likeness (QED) is 0.732. The zero-order chi connectivity index (χ0) is 21.7. The molecule has 0 aliphatic carbocycles. The molecule has 30 heavy (non-hydrogen) atoms. The van der Waals surface area contributed by atoms with E-state index < -0.39 is 15.9 Å². The highest BCUT2D eigenvalue weighted by atomic mass is 32.2. The van der Waals surface area contributed by atoms with Gasteiger partial charge in [-0.15, -0.1) is 0 Å². The van der Waals surface area contributed by atoms with Crippen LogP contribution in [-0.4, -0.2) is 44.7 Å². The second-order valence-electron chi connectivity index (χ2n) is 7.13. The minimum atomic E-state index is -3.69. The van der Waals surface area contributed by atoms with E-state index in [2.05, 4.69) is 10.6 Å². The third-order valence-corrected chi connectivity index (χ3v) is 6.80. The maximum atomic E-state index is 13.0. The molecule has 0 saturated carbocycles. The third-order valence-electron chi connectivity index (χ3n) is 4.92. The topological polar surface area (TPSA) is 105 Å². The summed E-state index contributed by atoms with van der Waals surface area (Å²) in [4.78, 5) is 24.0. The van der Waals surface area contributed by atoms with Crippen molar-refractivity contribution in [1.82, 2.24) is 4.31 Å². The number of sulfonamides is 1. The number of rotatable bonds is 6. The molecule has 2 N–H and O–H groups in total. The van der Waals surface area contributed by atoms with E-state index in [1.807, 2.05) is 0 Å². The Balaban J connectivity index is 1.66. The number of nitrogens with zero attached hydrogens (tertiary/aromatic N) is 1. The lowest BCUT2D eigenvalue weighted by molar-refractivity contribution is -0.121. The molecule has 0 aromatic heterocycles. The summed E-state index contributed by atoms with van der Waals surface area (Å²) < 4.78 is 32.4. The first-order chi connectivity index (χ1) is 14.3. The van der Waals surface area contributed by atoms with Crippen LogP contribution in [0.5, 0.6) is 5.75 Å². The zero-order valence-electron chi connectivity index (χ0n) is 16.9. The Hall–Kier alpha value is -2.91. The molecule has 2 aromatic carbocycles. The van der Waals surface area contributed by atoms with Crippen molar-refractivity contribution in [1.29, 1.82) is 0 Å². The number of ether oxygens (including phenoxy) is 1. The molecule has 1 atom stereocenters. The molecule has 1 saturated heterocycles. The molecule has 1 fully saturated rings. The smallest absolute Gasteiger partial charge is 0.243 e. The largest absolute Gasteiger partial charge is 0.497 e. The van der Waals surface area contributed by atoms with Crippen LogP contribution in [0.1, 0.15) is 19.8 Å². The average Bonchev–Trinajstić information content (AvgIpc) is 2.75. The van der Waals surface area contributed by atoms with Crippen LogP contribution in [0.3, 0.4) is 0 Å². The molecule has 9 heteroatoms. The molecule has 2 amide bonds. The number of hydrogen-bond donors (Lipinski definition) is 2. The Labute approximate surface area is 176 Å². The van der Waals surface area contributed by atoms with Gasteiger partial charge in [0.15, 0.2) is 0 Å². The maximum Gasteiger partial charge on any atom is 0.243 e. The van der Waals surface area contributed by atoms with E-state index in [1.54, 1.807) is 36.4 Å². The van der Waals surface area contributed by atoms with Crippen molar-refractivity contribution >= 4 is 33.2 Å². The van der Waals surface area contributed by atoms with Gasteiger partial charge in [-0.25, -0.2) is 8.42 Å². The third kappa shape index (κ3) is 5.17. The van der Waals surface area contributed by atoms with Crippen LogP contribution in [0.4, 0.5) is 11.4 Å². The first kappa shape index (κ1) is 21.8. The van der Waals surface area contributed by atoms with Gasteiger partial charge in [0, 0.05) is 31.4 Å². The van der Waals surface area contributed by atoms with Crippen LogP contribution in [0, 0.1) is 5.92 Å². The van der Waals surface area contributed by atoms with E-state index in [9.17, 15) is 18.0 Å². The van der Waals surface area contributed by atoms with E-state index in [0.717, 1.165) is 0 Å². The maximum absolute atomic E-state index is 13.0. The molecule has 2 aromatic rings. The fraction of sp³-hybridized carbons (Fsp3) is 0.333. The molecule has 0 radical (unpaired) electrons. The second-order valence-corrected chi connectivity index (χ2v) is 9.06. The molecular weight excluding hydrogens is 406 g/mol. The Morgan fingerprint density at radius 2 is 1.60 bits per heavy atom. The van der Waals surface area contributed by atoms with Crippen molar-refractivity contribution in [3.63, 3.8) is 0 Å². The average molecular weight is 432 g/mol. The fourth-order valence-corrected chi connectivity index (χ4v) is 4.88. The Morgan fingerprint density at radius 3 is 2.17 bits per heavy atom. The second kappa shape index (κ2) is 9.27. The summed E-state index contributed by atoms with van der Waals surface area (Å²) in [5.74, 6) is -0.264. The number of carbonyl (C=O) groups is 2. The van der Waals surface area contributed by atoms with Crippen molar-refractivity contribution in [2.45, 2.75) is 24.7 Å². The van der Waals surface area contributed by atoms with Gasteiger partial charge in [0.05, 0.1) is 17.9 Å². The number of anilines is 2. The number of hydrogen-bond acceptors (Lipinski definition) is 5. The number of methoxy groups -OCH3 is 1. The number of piperidine rings is 1. The molecule has 8 nitrogen and oxygen atoms in total. The number of benzene rings is 2. The van der Waals surface area contributed by atoms with E-state index in [0.29, 0.717) is 36.5 Å². The van der Waals surface area contributed by atoms with Gasteiger partial charge in [0.25, 0.3) is 0 Å². The summed E-state index contributed by atoms with van der Waals surface area (Å²) >= 11 is 0. The predicted octanol–water partition coefficient (Wildman–Crippen LogP) is 2.69. The molecule has 0 unspecified atom stereocenters. The molecule has 160 valence electrons. The van der Waals surface area contributed by atoms with Crippen LogP contribution in [-0.2, 0) is 19.6 Å². The van der Waals surface area contributed by atoms with Gasteiger partial charge in [0.1, 0.15) is 5.75 Å². The van der Waals surface area contributed by atoms with Crippen molar-refractivity contribution in [3.8, 4) is 5.75 Å². The number of amides is 2. The molecule has 0 spiro atoms. The van der Waals surface area contributed by atoms with Crippen LogP contribution in [0.25, 0.3) is 0 Å². The van der Waals surface area contributed by atoms with E-state index in [1.165, 1.54) is 30.5 Å². The first-order valence-electron chi connectivity index (χ1n) is 9.62. The van der Waals surface area contributed by atoms with Gasteiger partial charge >= 0.3 is 0 Å². The van der Waals surface area contributed by atoms with Gasteiger partial charge in [-0.05, 0) is 61.4 Å². The van der Waals surface area contributed by atoms with Crippen molar-refractivity contribution in [2.75, 3.05) is 30.8 Å². The zero-order valence-corrected chi connectivity index (χ0v) is 17.7. The lowest BCUT2D eigenvalue weighted by Crippen LogP contribution is -2.43. The lowest BCUT2D eigenvalue weighted by atomic mass is 9.98. The standard InChI is InChI=1S/C21H25N3O5S/c1-15(25)22-17-5-7-18(8-6-17)23-21(26)16-4-3-13-24(14-16)30(27,28)20-11-9-19(29-2)10-12-20/h5-12,16H,3-4,13-14H2,1-2H3,(H,22,25)(H,23,26)/t16-/m0/s1. The Bertz CT molecular complexity index is 1000. The van der Waals surface area contributed by atoms with Gasteiger partial charge in [-0.3, -0.25) is 9.59 Å². The molecular formula is C21H25N3O5S. The summed E-state index contributed by atoms with van der Waals surface area (Å²) in [5.41, 5.74) is 1.22. The molecule has 1 heterocycles. The summed E-state index contributed by atoms with van der Waals surface area (Å²) in [7, 11) is -2.17. The molecule has 3 rings (SSSR count). The predicted molar refractivity (Wildman–Crippen MR) is 114 cm³/mol.